The van der Waals surface area contributed by atoms with E-state index >= 15 is 0 Å². The lowest BCUT2D eigenvalue weighted by atomic mass is 10.0. The summed E-state index contributed by atoms with van der Waals surface area (Å²) in [7, 11) is 0. The van der Waals surface area contributed by atoms with Crippen LogP contribution in [0.4, 0.5) is 22.0 Å². The molecule has 1 atom stereocenters. The molecule has 22 heavy (non-hydrogen) atoms. The van der Waals surface area contributed by atoms with Gasteiger partial charge in [-0.3, -0.25) is 0 Å². The molecule has 0 rings (SSSR count). The van der Waals surface area contributed by atoms with Crippen molar-refractivity contribution in [3.05, 3.63) is 0 Å². The zero-order valence-electron chi connectivity index (χ0n) is 13.3. The molecule has 134 valence electrons. The van der Waals surface area contributed by atoms with Gasteiger partial charge >= 0.3 is 12.1 Å². The van der Waals surface area contributed by atoms with Gasteiger partial charge in [0.1, 0.15) is 0 Å². The third-order valence-corrected chi connectivity index (χ3v) is 4.83. The lowest BCUT2D eigenvalue weighted by molar-refractivity contribution is -0.283. The van der Waals surface area contributed by atoms with Gasteiger partial charge in [-0.25, -0.2) is 0 Å². The highest BCUT2D eigenvalue weighted by Crippen LogP contribution is 2.40. The van der Waals surface area contributed by atoms with Crippen molar-refractivity contribution in [1.29, 1.82) is 0 Å². The maximum Gasteiger partial charge on any atom is 0.453 e. The van der Waals surface area contributed by atoms with Crippen molar-refractivity contribution in [2.75, 3.05) is 0 Å². The third-order valence-electron chi connectivity index (χ3n) is 3.76. The van der Waals surface area contributed by atoms with Crippen LogP contribution in [0, 0.1) is 0 Å². The average Bonchev–Trinajstić information content (AvgIpc) is 2.39. The van der Waals surface area contributed by atoms with Gasteiger partial charge in [-0.2, -0.15) is 22.0 Å². The van der Waals surface area contributed by atoms with E-state index in [0.717, 1.165) is 25.7 Å². The summed E-state index contributed by atoms with van der Waals surface area (Å²) in [5, 5.41) is 0. The van der Waals surface area contributed by atoms with E-state index in [-0.39, 0.29) is 0 Å². The summed E-state index contributed by atoms with van der Waals surface area (Å²) < 4.78 is 61.3. The fourth-order valence-electron chi connectivity index (χ4n) is 2.35. The van der Waals surface area contributed by atoms with E-state index in [2.05, 4.69) is 6.92 Å². The van der Waals surface area contributed by atoms with Crippen molar-refractivity contribution in [2.45, 2.75) is 100.0 Å². The summed E-state index contributed by atoms with van der Waals surface area (Å²) in [5.74, 6) is -4.56. The molecule has 0 nitrogen and oxygen atoms in total. The monoisotopic (exact) mass is 442 g/mol. The Morgan fingerprint density at radius 2 is 1.14 bits per heavy atom. The van der Waals surface area contributed by atoms with E-state index in [1.807, 2.05) is 0 Å². The van der Waals surface area contributed by atoms with E-state index in [1.165, 1.54) is 38.5 Å². The second kappa shape index (κ2) is 11.8. The van der Waals surface area contributed by atoms with Gasteiger partial charge in [0, 0.05) is 10.3 Å². The molecule has 0 aromatic rings. The first-order chi connectivity index (χ1) is 10.2. The molecule has 0 aliphatic carbocycles. The van der Waals surface area contributed by atoms with Gasteiger partial charge in [0.25, 0.3) is 0 Å². The molecule has 0 aromatic carbocycles. The first-order valence-corrected chi connectivity index (χ1v) is 9.54. The van der Waals surface area contributed by atoms with Gasteiger partial charge in [-0.1, -0.05) is 93.7 Å². The van der Waals surface area contributed by atoms with E-state index in [0.29, 0.717) is 6.42 Å². The molecule has 0 aliphatic heterocycles. The van der Waals surface area contributed by atoms with Gasteiger partial charge in [-0.15, -0.1) is 0 Å². The van der Waals surface area contributed by atoms with Crippen molar-refractivity contribution in [1.82, 2.24) is 0 Å². The Balaban J connectivity index is 3.52. The predicted molar refractivity (Wildman–Crippen MR) is 89.9 cm³/mol. The fourth-order valence-corrected chi connectivity index (χ4v) is 3.34. The topological polar surface area (TPSA) is 0 Å². The van der Waals surface area contributed by atoms with Crippen LogP contribution in [-0.4, -0.2) is 16.0 Å². The molecule has 0 heterocycles. The van der Waals surface area contributed by atoms with Gasteiger partial charge in [-0.05, 0) is 6.42 Å². The van der Waals surface area contributed by atoms with E-state index < -0.39 is 22.4 Å². The Hall–Kier alpha value is 0.380. The Kier molecular flexibility index (Phi) is 12.0. The van der Waals surface area contributed by atoms with Crippen molar-refractivity contribution in [2.24, 2.45) is 0 Å². The van der Waals surface area contributed by atoms with E-state index in [1.54, 1.807) is 22.6 Å². The number of rotatable bonds is 13. The third kappa shape index (κ3) is 11.0. The Labute approximate surface area is 144 Å². The Morgan fingerprint density at radius 1 is 0.727 bits per heavy atom. The quantitative estimate of drug-likeness (QED) is 0.119. The molecule has 1 unspecified atom stereocenters. The van der Waals surface area contributed by atoms with Crippen LogP contribution in [0.15, 0.2) is 0 Å². The normalized spacial score (nSPS) is 14.3. The number of halogens is 6. The molecule has 0 saturated carbocycles. The summed E-state index contributed by atoms with van der Waals surface area (Å²) in [6, 6.07) is 0. The van der Waals surface area contributed by atoms with Crippen molar-refractivity contribution >= 4 is 22.6 Å². The molecule has 0 fully saturated rings. The minimum atomic E-state index is -5.42. The number of unbranched alkanes of at least 4 members (excludes halogenated alkanes) is 9. The highest BCUT2D eigenvalue weighted by molar-refractivity contribution is 14.1. The number of hydrogen-bond donors (Lipinski definition) is 0. The Morgan fingerprint density at radius 3 is 1.55 bits per heavy atom. The van der Waals surface area contributed by atoms with Crippen LogP contribution < -0.4 is 0 Å². The summed E-state index contributed by atoms with van der Waals surface area (Å²) >= 11 is 1.71. The van der Waals surface area contributed by atoms with Gasteiger partial charge in [0.05, 0.1) is 0 Å². The molecule has 0 saturated heterocycles. The maximum atomic E-state index is 12.9. The lowest BCUT2D eigenvalue weighted by Gasteiger charge is -2.22. The molecule has 0 amide bonds. The van der Waals surface area contributed by atoms with Crippen LogP contribution in [0.2, 0.25) is 0 Å². The van der Waals surface area contributed by atoms with Crippen LogP contribution in [0.25, 0.3) is 0 Å². The highest BCUT2D eigenvalue weighted by atomic mass is 127. The molecule has 0 aliphatic rings. The van der Waals surface area contributed by atoms with E-state index in [9.17, 15) is 22.0 Å². The van der Waals surface area contributed by atoms with Crippen LogP contribution >= 0.6 is 22.6 Å². The van der Waals surface area contributed by atoms with Gasteiger partial charge < -0.3 is 0 Å². The Bertz CT molecular complexity index is 266. The molecule has 0 bridgehead atoms. The highest BCUT2D eigenvalue weighted by Gasteiger charge is 2.57. The summed E-state index contributed by atoms with van der Waals surface area (Å²) in [5.41, 5.74) is 0. The van der Waals surface area contributed by atoms with Crippen LogP contribution in [0.5, 0.6) is 0 Å². The molecular weight excluding hydrogens is 414 g/mol. The predicted octanol–water partition coefficient (Wildman–Crippen LogP) is 7.69. The van der Waals surface area contributed by atoms with Crippen molar-refractivity contribution < 1.29 is 22.0 Å². The van der Waals surface area contributed by atoms with Crippen molar-refractivity contribution in [3.8, 4) is 0 Å². The van der Waals surface area contributed by atoms with Crippen LogP contribution in [0.1, 0.15) is 84.0 Å². The molecule has 0 spiro atoms. The smallest absolute Gasteiger partial charge is 0.196 e. The number of alkyl halides is 6. The zero-order chi connectivity index (χ0) is 17.1. The SMILES string of the molecule is CCCCCCCCCCCCC(I)CC(F)(F)C(F)(F)F. The second-order valence-corrected chi connectivity index (χ2v) is 7.74. The molecule has 6 heteroatoms. The minimum Gasteiger partial charge on any atom is -0.196 e. The molecule has 0 N–H and O–H groups in total. The largest absolute Gasteiger partial charge is 0.453 e. The van der Waals surface area contributed by atoms with E-state index in [4.69, 9.17) is 0 Å². The lowest BCUT2D eigenvalue weighted by Crippen LogP contribution is -2.38. The number of hydrogen-bond acceptors (Lipinski definition) is 0. The average molecular weight is 442 g/mol. The molecule has 0 radical (unpaired) electrons. The summed E-state index contributed by atoms with van der Waals surface area (Å²) in [6.45, 7) is 2.19. The molecule has 0 aromatic heterocycles. The second-order valence-electron chi connectivity index (χ2n) is 5.97. The van der Waals surface area contributed by atoms with Gasteiger partial charge in [0.2, 0.25) is 0 Å². The standard InChI is InChI=1S/C16H28F5I/c1-2-3-4-5-6-7-8-9-10-11-12-14(22)13-15(17,18)16(19,20)21/h14H,2-13H2,1H3. The fraction of sp³-hybridized carbons (Fsp3) is 1.00. The molecular formula is C16H28F5I. The zero-order valence-corrected chi connectivity index (χ0v) is 15.5. The van der Waals surface area contributed by atoms with Gasteiger partial charge in [0.15, 0.2) is 0 Å². The van der Waals surface area contributed by atoms with Crippen molar-refractivity contribution in [3.63, 3.8) is 0 Å². The maximum absolute atomic E-state index is 12.9. The first kappa shape index (κ1) is 22.4. The summed E-state index contributed by atoms with van der Waals surface area (Å²) in [4.78, 5) is 0. The van der Waals surface area contributed by atoms with Crippen LogP contribution in [-0.2, 0) is 0 Å². The minimum absolute atomic E-state index is 0.433. The van der Waals surface area contributed by atoms with Crippen LogP contribution in [0.3, 0.4) is 0 Å². The first-order valence-electron chi connectivity index (χ1n) is 8.29. The summed E-state index contributed by atoms with van der Waals surface area (Å²) in [6.07, 6.45) is 5.29.